The molecule has 1 fully saturated rings. The first-order chi connectivity index (χ1) is 18.5. The molecule has 2 aromatic heterocycles. The minimum Gasteiger partial charge on any atom is -0.492 e. The number of piperidine rings is 1. The van der Waals surface area contributed by atoms with Crippen molar-refractivity contribution in [3.05, 3.63) is 29.8 Å². The normalized spacial score (nSPS) is 14.5. The second-order valence-corrected chi connectivity index (χ2v) is 9.51. The van der Waals surface area contributed by atoms with Gasteiger partial charge in [0.2, 0.25) is 0 Å². The number of hydrogen-bond acceptors (Lipinski definition) is 10. The molecular formula is C27H38N6O5. The Kier molecular flexibility index (Phi) is 9.58. The van der Waals surface area contributed by atoms with Gasteiger partial charge in [-0.05, 0) is 56.0 Å². The molecule has 206 valence electrons. The van der Waals surface area contributed by atoms with Crippen molar-refractivity contribution in [2.24, 2.45) is 5.92 Å². The predicted octanol–water partition coefficient (Wildman–Crippen LogP) is 3.10. The molecule has 0 saturated carbocycles. The van der Waals surface area contributed by atoms with Crippen LogP contribution in [0.1, 0.15) is 38.2 Å². The van der Waals surface area contributed by atoms with E-state index in [2.05, 4.69) is 26.8 Å². The maximum absolute atomic E-state index is 11.5. The van der Waals surface area contributed by atoms with Crippen molar-refractivity contribution >= 4 is 23.0 Å². The number of esters is 1. The molecule has 11 nitrogen and oxygen atoms in total. The van der Waals surface area contributed by atoms with E-state index in [0.29, 0.717) is 42.1 Å². The lowest BCUT2D eigenvalue weighted by molar-refractivity contribution is -0.139. The summed E-state index contributed by atoms with van der Waals surface area (Å²) < 4.78 is 24.0. The Balaban J connectivity index is 1.30. The van der Waals surface area contributed by atoms with Crippen molar-refractivity contribution in [3.8, 4) is 17.8 Å². The molecule has 2 N–H and O–H groups in total. The van der Waals surface area contributed by atoms with Crippen LogP contribution < -0.4 is 19.9 Å². The number of nitrogen functional groups attached to an aromatic ring is 1. The summed E-state index contributed by atoms with van der Waals surface area (Å²) >= 11 is 0. The van der Waals surface area contributed by atoms with Crippen LogP contribution in [0.5, 0.6) is 17.8 Å². The summed E-state index contributed by atoms with van der Waals surface area (Å²) in [5.74, 6) is 1.25. The maximum atomic E-state index is 11.5. The van der Waals surface area contributed by atoms with E-state index in [4.69, 9.17) is 24.7 Å². The highest BCUT2D eigenvalue weighted by Crippen LogP contribution is 2.29. The van der Waals surface area contributed by atoms with E-state index in [1.165, 1.54) is 7.11 Å². The minimum atomic E-state index is -0.261. The van der Waals surface area contributed by atoms with Gasteiger partial charge in [-0.25, -0.2) is 0 Å². The zero-order valence-electron chi connectivity index (χ0n) is 22.5. The van der Waals surface area contributed by atoms with Gasteiger partial charge in [-0.2, -0.15) is 15.0 Å². The highest BCUT2D eigenvalue weighted by molar-refractivity contribution is 5.83. The van der Waals surface area contributed by atoms with Crippen LogP contribution in [0.4, 0.5) is 5.82 Å². The molecule has 3 aromatic rings. The number of carbonyl (C=O) groups is 1. The molecule has 4 rings (SSSR count). The standard InChI is InChI=1S/C27H38N6O5/c1-4-5-14-38-26-30-24(28)23-25(31-26)33(27(29-23)36-3)18-19-9-11-32(12-10-19)13-15-37-21-8-6-7-20(16-21)17-22(34)35-2/h6-8,16,19H,4-5,9-15,17-18H2,1-3H3,(H2,28,30,31). The summed E-state index contributed by atoms with van der Waals surface area (Å²) in [5, 5.41) is 0. The topological polar surface area (TPSA) is 127 Å². The van der Waals surface area contributed by atoms with Crippen LogP contribution in [-0.2, 0) is 22.5 Å². The largest absolute Gasteiger partial charge is 0.492 e. The Morgan fingerprint density at radius 3 is 2.66 bits per heavy atom. The number of nitrogens with two attached hydrogens (primary N) is 1. The van der Waals surface area contributed by atoms with Crippen LogP contribution in [0.25, 0.3) is 11.2 Å². The fourth-order valence-electron chi connectivity index (χ4n) is 4.60. The van der Waals surface area contributed by atoms with Gasteiger partial charge in [0.15, 0.2) is 17.0 Å². The zero-order chi connectivity index (χ0) is 26.9. The fourth-order valence-corrected chi connectivity index (χ4v) is 4.60. The van der Waals surface area contributed by atoms with Crippen molar-refractivity contribution < 1.29 is 23.7 Å². The van der Waals surface area contributed by atoms with Crippen LogP contribution in [0.2, 0.25) is 0 Å². The Morgan fingerprint density at radius 2 is 1.92 bits per heavy atom. The molecule has 0 atom stereocenters. The summed E-state index contributed by atoms with van der Waals surface area (Å²) in [7, 11) is 3.00. The highest BCUT2D eigenvalue weighted by Gasteiger charge is 2.24. The highest BCUT2D eigenvalue weighted by atomic mass is 16.5. The number of hydrogen-bond donors (Lipinski definition) is 1. The van der Waals surface area contributed by atoms with Gasteiger partial charge in [-0.3, -0.25) is 14.3 Å². The lowest BCUT2D eigenvalue weighted by Gasteiger charge is -2.32. The molecule has 1 aliphatic heterocycles. The third kappa shape index (κ3) is 7.03. The summed E-state index contributed by atoms with van der Waals surface area (Å²) in [6.45, 7) is 6.78. The van der Waals surface area contributed by atoms with Gasteiger partial charge in [0.25, 0.3) is 6.01 Å². The van der Waals surface area contributed by atoms with Crippen LogP contribution >= 0.6 is 0 Å². The van der Waals surface area contributed by atoms with E-state index in [-0.39, 0.29) is 18.4 Å². The SMILES string of the molecule is CCCCOc1nc(N)c2nc(OC)n(CC3CCN(CCOc4cccc(CC(=O)OC)c4)CC3)c2n1. The number of aromatic nitrogens is 4. The Morgan fingerprint density at radius 1 is 1.11 bits per heavy atom. The van der Waals surface area contributed by atoms with E-state index in [9.17, 15) is 4.79 Å². The molecule has 0 unspecified atom stereocenters. The number of fused-ring (bicyclic) bond motifs is 1. The zero-order valence-corrected chi connectivity index (χ0v) is 22.5. The average Bonchev–Trinajstić information content (AvgIpc) is 3.28. The van der Waals surface area contributed by atoms with Crippen LogP contribution in [0.3, 0.4) is 0 Å². The van der Waals surface area contributed by atoms with E-state index in [0.717, 1.165) is 63.2 Å². The minimum absolute atomic E-state index is 0.240. The second-order valence-electron chi connectivity index (χ2n) is 9.51. The molecular weight excluding hydrogens is 488 g/mol. The number of anilines is 1. The number of carbonyl (C=O) groups excluding carboxylic acids is 1. The van der Waals surface area contributed by atoms with Crippen LogP contribution in [0, 0.1) is 5.92 Å². The first-order valence-electron chi connectivity index (χ1n) is 13.2. The van der Waals surface area contributed by atoms with Crippen molar-refractivity contribution in [2.75, 3.05) is 52.8 Å². The third-order valence-electron chi connectivity index (χ3n) is 6.78. The first-order valence-corrected chi connectivity index (χ1v) is 13.2. The third-order valence-corrected chi connectivity index (χ3v) is 6.78. The first kappa shape index (κ1) is 27.4. The molecule has 0 amide bonds. The van der Waals surface area contributed by atoms with Crippen molar-refractivity contribution in [2.45, 2.75) is 45.6 Å². The van der Waals surface area contributed by atoms with Gasteiger partial charge in [0.05, 0.1) is 27.2 Å². The number of ether oxygens (including phenoxy) is 4. The van der Waals surface area contributed by atoms with Gasteiger partial charge in [0, 0.05) is 13.1 Å². The van der Waals surface area contributed by atoms with Gasteiger partial charge < -0.3 is 24.7 Å². The molecule has 0 bridgehead atoms. The number of imidazole rings is 1. The summed E-state index contributed by atoms with van der Waals surface area (Å²) in [4.78, 5) is 27.3. The molecule has 38 heavy (non-hydrogen) atoms. The van der Waals surface area contributed by atoms with E-state index in [1.807, 2.05) is 28.8 Å². The molecule has 1 aliphatic rings. The smallest absolute Gasteiger partial charge is 0.320 e. The number of nitrogens with zero attached hydrogens (tertiary/aromatic N) is 5. The second kappa shape index (κ2) is 13.3. The van der Waals surface area contributed by atoms with Crippen molar-refractivity contribution in [1.82, 2.24) is 24.4 Å². The molecule has 11 heteroatoms. The summed E-state index contributed by atoms with van der Waals surface area (Å²) in [6.07, 6.45) is 4.27. The Bertz CT molecular complexity index is 1210. The van der Waals surface area contributed by atoms with E-state index < -0.39 is 0 Å². The summed E-state index contributed by atoms with van der Waals surface area (Å²) in [6, 6.07) is 8.35. The summed E-state index contributed by atoms with van der Waals surface area (Å²) in [5.41, 5.74) is 8.23. The van der Waals surface area contributed by atoms with Crippen molar-refractivity contribution in [3.63, 3.8) is 0 Å². The van der Waals surface area contributed by atoms with Crippen molar-refractivity contribution in [1.29, 1.82) is 0 Å². The lowest BCUT2D eigenvalue weighted by atomic mass is 9.97. The molecule has 3 heterocycles. The Labute approximate surface area is 223 Å². The number of benzene rings is 1. The van der Waals surface area contributed by atoms with E-state index in [1.54, 1.807) is 7.11 Å². The number of rotatable bonds is 13. The van der Waals surface area contributed by atoms with Crippen LogP contribution in [0.15, 0.2) is 24.3 Å². The predicted molar refractivity (Wildman–Crippen MR) is 144 cm³/mol. The maximum Gasteiger partial charge on any atom is 0.320 e. The Hall–Kier alpha value is -3.60. The fraction of sp³-hybridized carbons (Fsp3) is 0.556. The van der Waals surface area contributed by atoms with Gasteiger partial charge in [-0.15, -0.1) is 0 Å². The van der Waals surface area contributed by atoms with E-state index >= 15 is 0 Å². The van der Waals surface area contributed by atoms with Gasteiger partial charge in [-0.1, -0.05) is 25.5 Å². The quantitative estimate of drug-likeness (QED) is 0.262. The molecule has 1 aromatic carbocycles. The number of methoxy groups -OCH3 is 2. The van der Waals surface area contributed by atoms with Gasteiger partial charge in [0.1, 0.15) is 12.4 Å². The molecule has 1 saturated heterocycles. The number of likely N-dealkylation sites (tertiary alicyclic amines) is 1. The molecule has 0 spiro atoms. The van der Waals surface area contributed by atoms with Crippen LogP contribution in [-0.4, -0.2) is 77.5 Å². The molecule has 0 aliphatic carbocycles. The van der Waals surface area contributed by atoms with Gasteiger partial charge >= 0.3 is 12.0 Å². The number of unbranched alkanes of at least 4 members (excludes halogenated alkanes) is 1. The molecule has 0 radical (unpaired) electrons. The lowest BCUT2D eigenvalue weighted by Crippen LogP contribution is -2.37. The monoisotopic (exact) mass is 526 g/mol. The average molecular weight is 527 g/mol.